The van der Waals surface area contributed by atoms with Crippen LogP contribution in [-0.2, 0) is 0 Å². The van der Waals surface area contributed by atoms with E-state index in [0.29, 0.717) is 5.69 Å². The van der Waals surface area contributed by atoms with Gasteiger partial charge in [0.2, 0.25) is 0 Å². The van der Waals surface area contributed by atoms with E-state index >= 15 is 0 Å². The van der Waals surface area contributed by atoms with Gasteiger partial charge in [0, 0.05) is 12.1 Å². The minimum atomic E-state index is -0.456. The maximum absolute atomic E-state index is 12.9. The number of carbonyl (C=O) groups excluding carboxylic acids is 1. The first-order valence-electron chi connectivity index (χ1n) is 6.42. The molecule has 18 heavy (non-hydrogen) atoms. The summed E-state index contributed by atoms with van der Waals surface area (Å²) in [6.07, 6.45) is 9.38. The number of pyridine rings is 1. The van der Waals surface area contributed by atoms with Crippen LogP contribution in [0.25, 0.3) is 0 Å². The van der Waals surface area contributed by atoms with Gasteiger partial charge in [0.25, 0.3) is 0 Å². The molecule has 1 aliphatic carbocycles. The van der Waals surface area contributed by atoms with Crippen LogP contribution in [0.1, 0.15) is 38.5 Å². The van der Waals surface area contributed by atoms with Gasteiger partial charge in [-0.05, 0) is 12.8 Å². The smallest absolute Gasteiger partial charge is 0.319 e. The maximum Gasteiger partial charge on any atom is 0.319 e. The third kappa shape index (κ3) is 3.98. The van der Waals surface area contributed by atoms with E-state index in [2.05, 4.69) is 15.6 Å². The van der Waals surface area contributed by atoms with E-state index in [9.17, 15) is 9.18 Å². The molecule has 0 saturated heterocycles. The summed E-state index contributed by atoms with van der Waals surface area (Å²) in [7, 11) is 0. The number of carbonyl (C=O) groups is 1. The van der Waals surface area contributed by atoms with Crippen molar-refractivity contribution >= 4 is 11.7 Å². The maximum atomic E-state index is 12.9. The Morgan fingerprint density at radius 3 is 2.61 bits per heavy atom. The second kappa shape index (κ2) is 6.33. The number of amides is 2. The number of halogens is 1. The lowest BCUT2D eigenvalue weighted by molar-refractivity contribution is 0.247. The van der Waals surface area contributed by atoms with Gasteiger partial charge in [0.15, 0.2) is 0 Å². The molecule has 0 bridgehead atoms. The van der Waals surface area contributed by atoms with E-state index in [1.165, 1.54) is 25.1 Å². The number of anilines is 1. The van der Waals surface area contributed by atoms with E-state index in [4.69, 9.17) is 0 Å². The third-order valence-electron chi connectivity index (χ3n) is 3.15. The van der Waals surface area contributed by atoms with Crippen LogP contribution in [0.5, 0.6) is 0 Å². The summed E-state index contributed by atoms with van der Waals surface area (Å²) in [4.78, 5) is 15.4. The minimum Gasteiger partial charge on any atom is -0.335 e. The van der Waals surface area contributed by atoms with Crippen molar-refractivity contribution in [3.8, 4) is 0 Å². The Kier molecular flexibility index (Phi) is 4.50. The second-order valence-corrected chi connectivity index (χ2v) is 4.68. The Balaban J connectivity index is 1.84. The lowest BCUT2D eigenvalue weighted by Gasteiger charge is -2.16. The van der Waals surface area contributed by atoms with Gasteiger partial charge in [0.05, 0.1) is 18.1 Å². The van der Waals surface area contributed by atoms with Gasteiger partial charge in [0.1, 0.15) is 5.82 Å². The number of nitrogens with zero attached hydrogens (tertiary/aromatic N) is 1. The summed E-state index contributed by atoms with van der Waals surface area (Å²) in [6.45, 7) is 0. The SMILES string of the molecule is O=C(Nc1cncc(F)c1)NC1CCCCCC1. The van der Waals surface area contributed by atoms with Gasteiger partial charge in [-0.1, -0.05) is 25.7 Å². The van der Waals surface area contributed by atoms with Crippen LogP contribution in [0, 0.1) is 5.82 Å². The quantitative estimate of drug-likeness (QED) is 0.794. The second-order valence-electron chi connectivity index (χ2n) is 4.68. The molecule has 2 N–H and O–H groups in total. The van der Waals surface area contributed by atoms with Crippen LogP contribution >= 0.6 is 0 Å². The van der Waals surface area contributed by atoms with Crippen LogP contribution in [-0.4, -0.2) is 17.1 Å². The molecule has 2 amide bonds. The predicted molar refractivity (Wildman–Crippen MR) is 67.8 cm³/mol. The zero-order valence-corrected chi connectivity index (χ0v) is 10.3. The summed E-state index contributed by atoms with van der Waals surface area (Å²) >= 11 is 0. The molecule has 98 valence electrons. The molecule has 1 aromatic heterocycles. The highest BCUT2D eigenvalue weighted by atomic mass is 19.1. The Labute approximate surface area is 106 Å². The highest BCUT2D eigenvalue weighted by Crippen LogP contribution is 2.17. The number of urea groups is 1. The molecule has 0 radical (unpaired) electrons. The summed E-state index contributed by atoms with van der Waals surface area (Å²) in [5.41, 5.74) is 0.376. The van der Waals surface area contributed by atoms with Crippen LogP contribution < -0.4 is 10.6 Å². The molecule has 1 aromatic rings. The number of rotatable bonds is 2. The Morgan fingerprint density at radius 1 is 1.22 bits per heavy atom. The molecule has 5 heteroatoms. The van der Waals surface area contributed by atoms with E-state index in [0.717, 1.165) is 31.9 Å². The van der Waals surface area contributed by atoms with Gasteiger partial charge >= 0.3 is 6.03 Å². The first kappa shape index (κ1) is 12.8. The molecule has 1 aliphatic rings. The number of aromatic nitrogens is 1. The molecule has 0 aromatic carbocycles. The molecular formula is C13H18FN3O. The fourth-order valence-electron chi connectivity index (χ4n) is 2.26. The minimum absolute atomic E-state index is 0.231. The van der Waals surface area contributed by atoms with Gasteiger partial charge in [-0.2, -0.15) is 0 Å². The average Bonchev–Trinajstić information content (AvgIpc) is 2.57. The van der Waals surface area contributed by atoms with Gasteiger partial charge in [-0.3, -0.25) is 4.98 Å². The zero-order valence-electron chi connectivity index (χ0n) is 10.3. The molecule has 1 saturated carbocycles. The third-order valence-corrected chi connectivity index (χ3v) is 3.15. The molecule has 0 atom stereocenters. The standard InChI is InChI=1S/C13H18FN3O/c14-10-7-12(9-15-8-10)17-13(18)16-11-5-3-1-2-4-6-11/h7-9,11H,1-6H2,(H2,16,17,18). The molecule has 1 heterocycles. The largest absolute Gasteiger partial charge is 0.335 e. The predicted octanol–water partition coefficient (Wildman–Crippen LogP) is 3.07. The number of nitrogens with one attached hydrogen (secondary N) is 2. The monoisotopic (exact) mass is 251 g/mol. The van der Waals surface area contributed by atoms with Crippen LogP contribution in [0.2, 0.25) is 0 Å². The summed E-state index contributed by atoms with van der Waals surface area (Å²) in [6, 6.07) is 1.20. The Hall–Kier alpha value is -1.65. The average molecular weight is 251 g/mol. The number of hydrogen-bond acceptors (Lipinski definition) is 2. The fraction of sp³-hybridized carbons (Fsp3) is 0.538. The topological polar surface area (TPSA) is 54.0 Å². The Morgan fingerprint density at radius 2 is 1.94 bits per heavy atom. The highest BCUT2D eigenvalue weighted by molar-refractivity contribution is 5.89. The van der Waals surface area contributed by atoms with Crippen molar-refractivity contribution < 1.29 is 9.18 Å². The molecule has 2 rings (SSSR count). The van der Waals surface area contributed by atoms with E-state index in [1.54, 1.807) is 0 Å². The van der Waals surface area contributed by atoms with Crippen molar-refractivity contribution in [2.75, 3.05) is 5.32 Å². The molecule has 4 nitrogen and oxygen atoms in total. The van der Waals surface area contributed by atoms with Crippen molar-refractivity contribution in [3.63, 3.8) is 0 Å². The summed E-state index contributed by atoms with van der Waals surface area (Å²) < 4.78 is 12.9. The molecule has 1 fully saturated rings. The van der Waals surface area contributed by atoms with Crippen molar-refractivity contribution in [1.82, 2.24) is 10.3 Å². The molecule has 0 spiro atoms. The van der Waals surface area contributed by atoms with Crippen LogP contribution in [0.4, 0.5) is 14.9 Å². The lowest BCUT2D eigenvalue weighted by atomic mass is 10.1. The fourth-order valence-corrected chi connectivity index (χ4v) is 2.26. The van der Waals surface area contributed by atoms with Crippen molar-refractivity contribution in [2.24, 2.45) is 0 Å². The molecule has 0 unspecified atom stereocenters. The first-order chi connectivity index (χ1) is 8.74. The summed E-state index contributed by atoms with van der Waals surface area (Å²) in [5, 5.41) is 5.52. The summed E-state index contributed by atoms with van der Waals surface area (Å²) in [5.74, 6) is -0.456. The van der Waals surface area contributed by atoms with E-state index in [1.807, 2.05) is 0 Å². The highest BCUT2D eigenvalue weighted by Gasteiger charge is 2.14. The first-order valence-corrected chi connectivity index (χ1v) is 6.42. The van der Waals surface area contributed by atoms with Gasteiger partial charge in [-0.15, -0.1) is 0 Å². The van der Waals surface area contributed by atoms with Gasteiger partial charge in [-0.25, -0.2) is 9.18 Å². The van der Waals surface area contributed by atoms with Crippen molar-refractivity contribution in [2.45, 2.75) is 44.6 Å². The molecule has 0 aliphatic heterocycles. The van der Waals surface area contributed by atoms with Crippen molar-refractivity contribution in [1.29, 1.82) is 0 Å². The number of hydrogen-bond donors (Lipinski definition) is 2. The van der Waals surface area contributed by atoms with Crippen LogP contribution in [0.15, 0.2) is 18.5 Å². The van der Waals surface area contributed by atoms with Crippen molar-refractivity contribution in [3.05, 3.63) is 24.3 Å². The Bertz CT molecular complexity index is 403. The lowest BCUT2D eigenvalue weighted by Crippen LogP contribution is -2.37. The van der Waals surface area contributed by atoms with Gasteiger partial charge < -0.3 is 10.6 Å². The van der Waals surface area contributed by atoms with E-state index in [-0.39, 0.29) is 12.1 Å². The molecular weight excluding hydrogens is 233 g/mol. The van der Waals surface area contributed by atoms with Crippen LogP contribution in [0.3, 0.4) is 0 Å². The van der Waals surface area contributed by atoms with E-state index < -0.39 is 5.82 Å². The zero-order chi connectivity index (χ0) is 12.8. The normalized spacial score (nSPS) is 16.9.